The zero-order valence-electron chi connectivity index (χ0n) is 16.1. The second-order valence-electron chi connectivity index (χ2n) is 8.34. The molecule has 2 saturated heterocycles. The number of nitrogens with one attached hydrogen (secondary N) is 1. The van der Waals surface area contributed by atoms with Gasteiger partial charge in [0.2, 0.25) is 0 Å². The van der Waals surface area contributed by atoms with Crippen LogP contribution in [0.2, 0.25) is 0 Å². The first-order valence-corrected chi connectivity index (χ1v) is 11.0. The van der Waals surface area contributed by atoms with Crippen LogP contribution in [-0.4, -0.2) is 67.7 Å². The van der Waals surface area contributed by atoms with Crippen LogP contribution in [0.3, 0.4) is 0 Å². The van der Waals surface area contributed by atoms with Crippen LogP contribution in [0.25, 0.3) is 0 Å². The van der Waals surface area contributed by atoms with Crippen LogP contribution in [0.1, 0.15) is 30.6 Å². The summed E-state index contributed by atoms with van der Waals surface area (Å²) in [6.07, 6.45) is 5.77. The SMILES string of the molecule is CN=C(NC1C2CCOC2C12CCC2)N1CCN(Cc2cccs2)CC1.I. The molecule has 3 heterocycles. The second kappa shape index (κ2) is 8.16. The Morgan fingerprint density at radius 2 is 2.15 bits per heavy atom. The van der Waals surface area contributed by atoms with E-state index in [9.17, 15) is 0 Å². The average molecular weight is 502 g/mol. The molecule has 0 amide bonds. The van der Waals surface area contributed by atoms with Crippen molar-refractivity contribution in [2.75, 3.05) is 39.8 Å². The number of nitrogens with zero attached hydrogens (tertiary/aromatic N) is 3. The third kappa shape index (κ3) is 3.42. The van der Waals surface area contributed by atoms with E-state index in [0.717, 1.165) is 45.3 Å². The van der Waals surface area contributed by atoms with Gasteiger partial charge < -0.3 is 15.0 Å². The number of thiophene rings is 1. The summed E-state index contributed by atoms with van der Waals surface area (Å²) in [5, 5.41) is 6.05. The second-order valence-corrected chi connectivity index (χ2v) is 9.37. The number of hydrogen-bond donors (Lipinski definition) is 1. The van der Waals surface area contributed by atoms with Gasteiger partial charge in [-0.1, -0.05) is 12.5 Å². The van der Waals surface area contributed by atoms with Crippen LogP contribution in [0.5, 0.6) is 0 Å². The van der Waals surface area contributed by atoms with Crippen molar-refractivity contribution in [3.8, 4) is 0 Å². The zero-order valence-corrected chi connectivity index (χ0v) is 19.2. The van der Waals surface area contributed by atoms with Gasteiger partial charge in [-0.2, -0.15) is 0 Å². The summed E-state index contributed by atoms with van der Waals surface area (Å²) in [5.41, 5.74) is 0.415. The van der Waals surface area contributed by atoms with Crippen molar-refractivity contribution < 1.29 is 4.74 Å². The molecular formula is C20H31IN4OS. The molecule has 2 saturated carbocycles. The third-order valence-electron chi connectivity index (χ3n) is 7.16. The smallest absolute Gasteiger partial charge is 0.193 e. The van der Waals surface area contributed by atoms with Gasteiger partial charge in [0.25, 0.3) is 0 Å². The average Bonchev–Trinajstić information content (AvgIpc) is 3.26. The third-order valence-corrected chi connectivity index (χ3v) is 8.03. The Balaban J connectivity index is 0.00000180. The molecule has 2 aliphatic heterocycles. The van der Waals surface area contributed by atoms with Crippen molar-refractivity contribution in [3.63, 3.8) is 0 Å². The molecule has 3 atom stereocenters. The van der Waals surface area contributed by atoms with E-state index in [2.05, 4.69) is 37.6 Å². The predicted molar refractivity (Wildman–Crippen MR) is 121 cm³/mol. The van der Waals surface area contributed by atoms with Crippen molar-refractivity contribution in [3.05, 3.63) is 22.4 Å². The number of halogens is 1. The highest BCUT2D eigenvalue weighted by atomic mass is 127. The predicted octanol–water partition coefficient (Wildman–Crippen LogP) is 3.02. The molecule has 5 nitrogen and oxygen atoms in total. The summed E-state index contributed by atoms with van der Waals surface area (Å²) >= 11 is 1.86. The zero-order chi connectivity index (χ0) is 17.6. The Kier molecular flexibility index (Phi) is 6.02. The normalized spacial score (nSPS) is 32.4. The van der Waals surface area contributed by atoms with Crippen LogP contribution in [0.15, 0.2) is 22.5 Å². The number of guanidine groups is 1. The number of piperazine rings is 1. The molecule has 2 aliphatic carbocycles. The van der Waals surface area contributed by atoms with Gasteiger partial charge in [0.05, 0.1) is 6.10 Å². The molecule has 0 bridgehead atoms. The molecular weight excluding hydrogens is 471 g/mol. The minimum atomic E-state index is 0. The molecule has 3 unspecified atom stereocenters. The van der Waals surface area contributed by atoms with Crippen LogP contribution in [-0.2, 0) is 11.3 Å². The van der Waals surface area contributed by atoms with E-state index < -0.39 is 0 Å². The van der Waals surface area contributed by atoms with Crippen molar-refractivity contribution in [1.29, 1.82) is 0 Å². The Morgan fingerprint density at radius 3 is 2.78 bits per heavy atom. The molecule has 1 spiro atoms. The van der Waals surface area contributed by atoms with Gasteiger partial charge in [-0.25, -0.2) is 0 Å². The number of aliphatic imine (C=N–C) groups is 1. The van der Waals surface area contributed by atoms with Crippen molar-refractivity contribution in [2.45, 2.75) is 44.4 Å². The largest absolute Gasteiger partial charge is 0.377 e. The monoisotopic (exact) mass is 502 g/mol. The van der Waals surface area contributed by atoms with Crippen molar-refractivity contribution in [2.24, 2.45) is 16.3 Å². The van der Waals surface area contributed by atoms with Crippen LogP contribution < -0.4 is 5.32 Å². The first kappa shape index (κ1) is 19.9. The minimum absolute atomic E-state index is 0. The summed E-state index contributed by atoms with van der Waals surface area (Å²) in [6, 6.07) is 4.97. The van der Waals surface area contributed by atoms with E-state index in [1.54, 1.807) is 0 Å². The Bertz CT molecular complexity index is 655. The maximum atomic E-state index is 6.07. The fraction of sp³-hybridized carbons (Fsp3) is 0.750. The quantitative estimate of drug-likeness (QED) is 0.392. The van der Waals surface area contributed by atoms with E-state index in [4.69, 9.17) is 4.74 Å². The summed E-state index contributed by atoms with van der Waals surface area (Å²) in [6.45, 7) is 6.40. The number of fused-ring (bicyclic) bond motifs is 2. The van der Waals surface area contributed by atoms with Gasteiger partial charge in [-0.3, -0.25) is 9.89 Å². The Morgan fingerprint density at radius 1 is 1.33 bits per heavy atom. The molecule has 1 aromatic rings. The maximum Gasteiger partial charge on any atom is 0.193 e. The van der Waals surface area contributed by atoms with Crippen LogP contribution >= 0.6 is 35.3 Å². The number of hydrogen-bond acceptors (Lipinski definition) is 4. The number of ether oxygens (including phenoxy) is 1. The summed E-state index contributed by atoms with van der Waals surface area (Å²) < 4.78 is 6.07. The van der Waals surface area contributed by atoms with Gasteiger partial charge in [0.1, 0.15) is 0 Å². The highest BCUT2D eigenvalue weighted by molar-refractivity contribution is 14.0. The van der Waals surface area contributed by atoms with E-state index in [1.165, 1.54) is 30.6 Å². The molecule has 5 rings (SSSR count). The standard InChI is InChI=1S/C20H30N4OS.HI/c1-21-19(22-17-16-5-12-25-18(16)20(17)6-3-7-20)24-10-8-23(9-11-24)14-15-4-2-13-26-15;/h2,4,13,16-18H,3,5-12,14H2,1H3,(H,21,22);1H. The Labute approximate surface area is 183 Å². The summed E-state index contributed by atoms with van der Waals surface area (Å²) in [7, 11) is 1.94. The summed E-state index contributed by atoms with van der Waals surface area (Å²) in [5.74, 6) is 1.81. The highest BCUT2D eigenvalue weighted by Gasteiger charge is 2.66. The number of rotatable bonds is 3. The highest BCUT2D eigenvalue weighted by Crippen LogP contribution is 2.62. The lowest BCUT2D eigenvalue weighted by atomic mass is 9.46. The van der Waals surface area contributed by atoms with E-state index in [0.29, 0.717) is 23.5 Å². The van der Waals surface area contributed by atoms with Gasteiger partial charge in [-0.15, -0.1) is 35.3 Å². The molecule has 4 fully saturated rings. The molecule has 150 valence electrons. The van der Waals surface area contributed by atoms with Gasteiger partial charge in [0.15, 0.2) is 5.96 Å². The lowest BCUT2D eigenvalue weighted by Crippen LogP contribution is -2.73. The van der Waals surface area contributed by atoms with E-state index >= 15 is 0 Å². The van der Waals surface area contributed by atoms with Crippen molar-refractivity contribution in [1.82, 2.24) is 15.1 Å². The van der Waals surface area contributed by atoms with Crippen LogP contribution in [0.4, 0.5) is 0 Å². The minimum Gasteiger partial charge on any atom is -0.377 e. The van der Waals surface area contributed by atoms with Crippen LogP contribution in [0, 0.1) is 11.3 Å². The molecule has 0 aromatic carbocycles. The molecule has 0 radical (unpaired) electrons. The molecule has 1 aromatic heterocycles. The lowest BCUT2D eigenvalue weighted by Gasteiger charge is -2.63. The fourth-order valence-corrected chi connectivity index (χ4v) is 6.38. The lowest BCUT2D eigenvalue weighted by molar-refractivity contribution is -0.171. The molecule has 7 heteroatoms. The van der Waals surface area contributed by atoms with Gasteiger partial charge >= 0.3 is 0 Å². The maximum absolute atomic E-state index is 6.07. The first-order chi connectivity index (χ1) is 12.8. The Hall–Kier alpha value is -0.380. The van der Waals surface area contributed by atoms with Gasteiger partial charge in [0, 0.05) is 68.6 Å². The van der Waals surface area contributed by atoms with E-state index in [-0.39, 0.29) is 24.0 Å². The topological polar surface area (TPSA) is 40.1 Å². The fourth-order valence-electron chi connectivity index (χ4n) is 5.63. The first-order valence-electron chi connectivity index (χ1n) is 10.1. The molecule has 4 aliphatic rings. The van der Waals surface area contributed by atoms with Gasteiger partial charge in [-0.05, 0) is 30.7 Å². The molecule has 1 N–H and O–H groups in total. The van der Waals surface area contributed by atoms with Crippen molar-refractivity contribution >= 4 is 41.3 Å². The molecule has 27 heavy (non-hydrogen) atoms. The summed E-state index contributed by atoms with van der Waals surface area (Å²) in [4.78, 5) is 11.1. The van der Waals surface area contributed by atoms with E-state index in [1.807, 2.05) is 18.4 Å².